The zero-order valence-electron chi connectivity index (χ0n) is 18.5. The minimum atomic E-state index is -0.339. The number of amides is 3. The van der Waals surface area contributed by atoms with Crippen LogP contribution >= 0.6 is 11.6 Å². The first kappa shape index (κ1) is 22.8. The Morgan fingerprint density at radius 2 is 2.09 bits per heavy atom. The molecule has 1 aromatic rings. The molecular weight excluding hydrogens is 451 g/mol. The van der Waals surface area contributed by atoms with Crippen molar-refractivity contribution >= 4 is 23.5 Å². The lowest BCUT2D eigenvalue weighted by molar-refractivity contribution is -0.139. The Labute approximate surface area is 197 Å². The van der Waals surface area contributed by atoms with Crippen LogP contribution in [0.25, 0.3) is 0 Å². The zero-order valence-corrected chi connectivity index (χ0v) is 19.3. The molecule has 10 heteroatoms. The third-order valence-corrected chi connectivity index (χ3v) is 7.70. The van der Waals surface area contributed by atoms with E-state index in [1.165, 1.54) is 12.1 Å². The number of hydrogen-bond acceptors (Lipinski definition) is 5. The van der Waals surface area contributed by atoms with Gasteiger partial charge in [-0.15, -0.1) is 0 Å². The van der Waals surface area contributed by atoms with Crippen molar-refractivity contribution in [3.05, 3.63) is 34.6 Å². The molecule has 3 amide bonds. The second-order valence-electron chi connectivity index (χ2n) is 9.54. The molecule has 5 rings (SSSR count). The molecule has 180 valence electrons. The average Bonchev–Trinajstić information content (AvgIpc) is 3.20. The van der Waals surface area contributed by atoms with Crippen molar-refractivity contribution in [3.63, 3.8) is 0 Å². The Morgan fingerprint density at radius 3 is 2.88 bits per heavy atom. The van der Waals surface area contributed by atoms with Gasteiger partial charge in [0.2, 0.25) is 5.91 Å². The Balaban J connectivity index is 1.10. The fourth-order valence-electron chi connectivity index (χ4n) is 5.42. The maximum atomic E-state index is 13.2. The number of carbonyl (C=O) groups excluding carboxylic acids is 2. The van der Waals surface area contributed by atoms with Gasteiger partial charge in [-0.25, -0.2) is 9.18 Å². The fraction of sp³-hybridized carbons (Fsp3) is 0.652. The molecule has 8 nitrogen and oxygen atoms in total. The van der Waals surface area contributed by atoms with Crippen LogP contribution in [0.4, 0.5) is 9.18 Å². The SMILES string of the molecule is O=C1COC2CCN(C(=O)N3CCC4(CC3)CC(NCc3ccc(F)cc3Cl)CO4)CC2N1. The first-order valence-corrected chi connectivity index (χ1v) is 12.0. The monoisotopic (exact) mass is 480 g/mol. The number of likely N-dealkylation sites (tertiary alicyclic amines) is 2. The van der Waals surface area contributed by atoms with Gasteiger partial charge in [0.25, 0.3) is 0 Å². The highest BCUT2D eigenvalue weighted by Gasteiger charge is 2.44. The van der Waals surface area contributed by atoms with Crippen LogP contribution in [0.1, 0.15) is 31.2 Å². The zero-order chi connectivity index (χ0) is 23.0. The lowest BCUT2D eigenvalue weighted by Crippen LogP contribution is -2.63. The first-order chi connectivity index (χ1) is 15.9. The number of urea groups is 1. The predicted octanol–water partition coefficient (Wildman–Crippen LogP) is 1.90. The van der Waals surface area contributed by atoms with Gasteiger partial charge in [0, 0.05) is 43.8 Å². The summed E-state index contributed by atoms with van der Waals surface area (Å²) in [6.07, 6.45) is 3.22. The highest BCUT2D eigenvalue weighted by Crippen LogP contribution is 2.36. The van der Waals surface area contributed by atoms with Crippen molar-refractivity contribution in [2.24, 2.45) is 0 Å². The third-order valence-electron chi connectivity index (χ3n) is 7.35. The number of morpholine rings is 1. The Bertz CT molecular complexity index is 910. The molecule has 0 aliphatic carbocycles. The van der Waals surface area contributed by atoms with Crippen LogP contribution in [-0.4, -0.2) is 84.9 Å². The maximum absolute atomic E-state index is 13.2. The van der Waals surface area contributed by atoms with E-state index in [2.05, 4.69) is 10.6 Å². The van der Waals surface area contributed by atoms with Gasteiger partial charge in [-0.05, 0) is 43.4 Å². The molecule has 0 aromatic heterocycles. The highest BCUT2D eigenvalue weighted by atomic mass is 35.5. The summed E-state index contributed by atoms with van der Waals surface area (Å²) in [5.41, 5.74) is 0.655. The number of piperidine rings is 2. The Hall–Kier alpha value is -1.94. The van der Waals surface area contributed by atoms with Crippen LogP contribution in [0.5, 0.6) is 0 Å². The number of ether oxygens (including phenoxy) is 2. The summed E-state index contributed by atoms with van der Waals surface area (Å²) in [5.74, 6) is -0.455. The maximum Gasteiger partial charge on any atom is 0.320 e. The lowest BCUT2D eigenvalue weighted by atomic mass is 9.87. The molecule has 4 aliphatic rings. The summed E-state index contributed by atoms with van der Waals surface area (Å²) in [6, 6.07) is 4.55. The quantitative estimate of drug-likeness (QED) is 0.690. The molecule has 4 saturated heterocycles. The number of fused-ring (bicyclic) bond motifs is 1. The molecule has 0 saturated carbocycles. The summed E-state index contributed by atoms with van der Waals surface area (Å²) in [5, 5.41) is 6.85. The van der Waals surface area contributed by atoms with Gasteiger partial charge in [-0.3, -0.25) is 4.79 Å². The second-order valence-corrected chi connectivity index (χ2v) is 9.95. The van der Waals surface area contributed by atoms with Crippen LogP contribution in [-0.2, 0) is 20.8 Å². The van der Waals surface area contributed by atoms with Crippen molar-refractivity contribution < 1.29 is 23.5 Å². The van der Waals surface area contributed by atoms with Crippen molar-refractivity contribution in [3.8, 4) is 0 Å². The van der Waals surface area contributed by atoms with E-state index in [-0.39, 0.29) is 48.2 Å². The number of hydrogen-bond donors (Lipinski definition) is 2. The predicted molar refractivity (Wildman–Crippen MR) is 119 cm³/mol. The minimum absolute atomic E-state index is 0.00233. The molecule has 4 fully saturated rings. The van der Waals surface area contributed by atoms with Crippen LogP contribution in [0.15, 0.2) is 18.2 Å². The summed E-state index contributed by atoms with van der Waals surface area (Å²) >= 11 is 6.13. The van der Waals surface area contributed by atoms with Crippen molar-refractivity contribution in [1.29, 1.82) is 0 Å². The molecular formula is C23H30ClFN4O4. The Morgan fingerprint density at radius 1 is 1.27 bits per heavy atom. The molecule has 33 heavy (non-hydrogen) atoms. The molecule has 2 N–H and O–H groups in total. The number of halogens is 2. The van der Waals surface area contributed by atoms with Crippen molar-refractivity contribution in [1.82, 2.24) is 20.4 Å². The number of nitrogens with one attached hydrogen (secondary N) is 2. The molecule has 0 bridgehead atoms. The summed E-state index contributed by atoms with van der Waals surface area (Å²) in [4.78, 5) is 28.5. The molecule has 1 aromatic carbocycles. The molecule has 3 unspecified atom stereocenters. The van der Waals surface area contributed by atoms with Gasteiger partial charge >= 0.3 is 6.03 Å². The fourth-order valence-corrected chi connectivity index (χ4v) is 5.66. The lowest BCUT2D eigenvalue weighted by Gasteiger charge is -2.44. The van der Waals surface area contributed by atoms with Crippen molar-refractivity contribution in [2.45, 2.75) is 56.0 Å². The molecule has 4 aliphatic heterocycles. The van der Waals surface area contributed by atoms with E-state index < -0.39 is 0 Å². The van der Waals surface area contributed by atoms with Gasteiger partial charge in [-0.1, -0.05) is 17.7 Å². The summed E-state index contributed by atoms with van der Waals surface area (Å²) in [6.45, 7) is 3.73. The van der Waals surface area contributed by atoms with Gasteiger partial charge in [0.15, 0.2) is 0 Å². The Kier molecular flexibility index (Phi) is 6.48. The van der Waals surface area contributed by atoms with Gasteiger partial charge in [0.05, 0.1) is 24.4 Å². The standard InChI is InChI=1S/C23H30ClFN4O4/c24-18-9-16(25)2-1-15(18)11-26-17-10-23(33-13-17)4-7-28(8-5-23)22(31)29-6-3-20-19(12-29)27-21(30)14-32-20/h1-2,9,17,19-20,26H,3-8,10-14H2,(H,27,30). The van der Waals surface area contributed by atoms with E-state index in [0.717, 1.165) is 31.2 Å². The average molecular weight is 481 g/mol. The third kappa shape index (κ3) is 4.96. The van der Waals surface area contributed by atoms with Gasteiger partial charge in [0.1, 0.15) is 12.4 Å². The number of carbonyl (C=O) groups is 2. The van der Waals surface area contributed by atoms with E-state index in [9.17, 15) is 14.0 Å². The highest BCUT2D eigenvalue weighted by molar-refractivity contribution is 6.31. The van der Waals surface area contributed by atoms with Crippen LogP contribution in [0, 0.1) is 5.82 Å². The van der Waals surface area contributed by atoms with Crippen LogP contribution < -0.4 is 10.6 Å². The van der Waals surface area contributed by atoms with Crippen LogP contribution in [0.2, 0.25) is 5.02 Å². The van der Waals surface area contributed by atoms with Crippen LogP contribution in [0.3, 0.4) is 0 Å². The first-order valence-electron chi connectivity index (χ1n) is 11.7. The topological polar surface area (TPSA) is 83.1 Å². The molecule has 0 radical (unpaired) electrons. The minimum Gasteiger partial charge on any atom is -0.373 e. The largest absolute Gasteiger partial charge is 0.373 e. The second kappa shape index (κ2) is 9.37. The van der Waals surface area contributed by atoms with E-state index in [0.29, 0.717) is 44.4 Å². The number of rotatable bonds is 3. The number of nitrogens with zero attached hydrogens (tertiary/aromatic N) is 2. The molecule has 1 spiro atoms. The summed E-state index contributed by atoms with van der Waals surface area (Å²) in [7, 11) is 0. The van der Waals surface area contributed by atoms with Gasteiger partial charge < -0.3 is 29.9 Å². The molecule has 3 atom stereocenters. The van der Waals surface area contributed by atoms with E-state index >= 15 is 0 Å². The normalized spacial score (nSPS) is 29.2. The number of benzene rings is 1. The smallest absolute Gasteiger partial charge is 0.320 e. The van der Waals surface area contributed by atoms with Crippen molar-refractivity contribution in [2.75, 3.05) is 39.4 Å². The summed E-state index contributed by atoms with van der Waals surface area (Å²) < 4.78 is 25.1. The van der Waals surface area contributed by atoms with E-state index in [1.54, 1.807) is 6.07 Å². The van der Waals surface area contributed by atoms with E-state index in [1.807, 2.05) is 9.80 Å². The van der Waals surface area contributed by atoms with E-state index in [4.69, 9.17) is 21.1 Å². The van der Waals surface area contributed by atoms with Gasteiger partial charge in [-0.2, -0.15) is 0 Å². The molecule has 4 heterocycles.